The number of aliphatic hydroxyl groups is 3. The van der Waals surface area contributed by atoms with Crippen molar-refractivity contribution in [1.29, 1.82) is 5.26 Å². The Bertz CT molecular complexity index is 776. The van der Waals surface area contributed by atoms with E-state index in [-0.39, 0.29) is 18.0 Å². The topological polar surface area (TPSA) is 141 Å². The summed E-state index contributed by atoms with van der Waals surface area (Å²) in [5, 5.41) is 38.8. The number of nitriles is 1. The molecule has 5 N–H and O–H groups in total. The second-order valence-corrected chi connectivity index (χ2v) is 4.85. The molecule has 2 heterocycles. The lowest BCUT2D eigenvalue weighted by Crippen LogP contribution is -2.30. The molecule has 0 unspecified atom stereocenters. The zero-order valence-electron chi connectivity index (χ0n) is 10.9. The molecule has 8 nitrogen and oxygen atoms in total. The zero-order valence-corrected chi connectivity index (χ0v) is 10.9. The number of nitrogens with two attached hydrogens (primary N) is 1. The van der Waals surface area contributed by atoms with Crippen molar-refractivity contribution in [1.82, 2.24) is 14.5 Å². The predicted molar refractivity (Wildman–Crippen MR) is 72.9 cm³/mol. The van der Waals surface area contributed by atoms with Gasteiger partial charge in [-0.1, -0.05) is 6.08 Å². The molecule has 0 radical (unpaired) electrons. The molecule has 1 aliphatic carbocycles. The Hall–Kier alpha value is -2.47. The fourth-order valence-electron chi connectivity index (χ4n) is 2.63. The normalized spacial score (nSPS) is 25.0. The van der Waals surface area contributed by atoms with Gasteiger partial charge in [-0.3, -0.25) is 0 Å². The molecule has 0 amide bonds. The van der Waals surface area contributed by atoms with E-state index in [9.17, 15) is 20.6 Å². The highest BCUT2D eigenvalue weighted by Crippen LogP contribution is 2.34. The van der Waals surface area contributed by atoms with E-state index >= 15 is 0 Å². The Morgan fingerprint density at radius 2 is 2.14 bits per heavy atom. The Kier molecular flexibility index (Phi) is 3.10. The molecule has 0 spiro atoms. The quantitative estimate of drug-likeness (QED) is 0.523. The Labute approximate surface area is 119 Å². The largest absolute Gasteiger partial charge is 0.392 e. The van der Waals surface area contributed by atoms with Crippen LogP contribution in [0.15, 0.2) is 24.2 Å². The molecule has 0 saturated heterocycles. The summed E-state index contributed by atoms with van der Waals surface area (Å²) in [4.78, 5) is 7.96. The van der Waals surface area contributed by atoms with E-state index in [0.29, 0.717) is 16.6 Å². The van der Waals surface area contributed by atoms with Gasteiger partial charge in [0.25, 0.3) is 0 Å². The van der Waals surface area contributed by atoms with Crippen LogP contribution in [0.1, 0.15) is 11.6 Å². The van der Waals surface area contributed by atoms with Gasteiger partial charge < -0.3 is 25.6 Å². The van der Waals surface area contributed by atoms with Gasteiger partial charge in [-0.25, -0.2) is 9.97 Å². The van der Waals surface area contributed by atoms with Crippen LogP contribution in [0.5, 0.6) is 0 Å². The standard InChI is InChI=1S/C13H13N5O3/c14-2-7-3-18(13-9(7)12(15)16-5-17-13)8-1-6(4-19)10(20)11(8)21/h1,3,5,8,10-11,19-21H,4H2,(H2,15,16,17)/t8-,10-,11+/m1/s1. The fraction of sp³-hybridized carbons (Fsp3) is 0.308. The summed E-state index contributed by atoms with van der Waals surface area (Å²) in [5.41, 5.74) is 6.79. The van der Waals surface area contributed by atoms with Crippen molar-refractivity contribution in [2.24, 2.45) is 0 Å². The molecule has 2 aromatic rings. The molecule has 0 saturated carbocycles. The maximum absolute atomic E-state index is 10.1. The van der Waals surface area contributed by atoms with E-state index in [0.717, 1.165) is 0 Å². The number of anilines is 1. The summed E-state index contributed by atoms with van der Waals surface area (Å²) in [5.74, 6) is 0.176. The molecule has 3 atom stereocenters. The fourth-order valence-corrected chi connectivity index (χ4v) is 2.63. The number of fused-ring (bicyclic) bond motifs is 1. The van der Waals surface area contributed by atoms with Crippen LogP contribution in [-0.4, -0.2) is 48.7 Å². The van der Waals surface area contributed by atoms with Crippen molar-refractivity contribution in [2.45, 2.75) is 18.2 Å². The minimum Gasteiger partial charge on any atom is -0.392 e. The molecule has 2 aromatic heterocycles. The monoisotopic (exact) mass is 287 g/mol. The van der Waals surface area contributed by atoms with Gasteiger partial charge in [0.15, 0.2) is 0 Å². The molecule has 0 aliphatic heterocycles. The number of nitrogen functional groups attached to an aromatic ring is 1. The summed E-state index contributed by atoms with van der Waals surface area (Å²) in [7, 11) is 0. The third-order valence-corrected chi connectivity index (χ3v) is 3.70. The van der Waals surface area contributed by atoms with Crippen LogP contribution >= 0.6 is 0 Å². The van der Waals surface area contributed by atoms with Gasteiger partial charge in [0, 0.05) is 6.20 Å². The molecule has 8 heteroatoms. The lowest BCUT2D eigenvalue weighted by Gasteiger charge is -2.19. The van der Waals surface area contributed by atoms with Gasteiger partial charge in [0.1, 0.15) is 36.1 Å². The maximum atomic E-state index is 10.1. The van der Waals surface area contributed by atoms with E-state index in [1.165, 1.54) is 12.5 Å². The van der Waals surface area contributed by atoms with Crippen LogP contribution < -0.4 is 5.73 Å². The Morgan fingerprint density at radius 1 is 1.38 bits per heavy atom. The van der Waals surface area contributed by atoms with Crippen molar-refractivity contribution in [3.8, 4) is 6.07 Å². The average Bonchev–Trinajstić information content (AvgIpc) is 2.99. The van der Waals surface area contributed by atoms with Gasteiger partial charge >= 0.3 is 0 Å². The highest BCUT2D eigenvalue weighted by atomic mass is 16.3. The minimum absolute atomic E-state index is 0.176. The van der Waals surface area contributed by atoms with Gasteiger partial charge in [0.2, 0.25) is 0 Å². The van der Waals surface area contributed by atoms with E-state index in [2.05, 4.69) is 9.97 Å². The molecular formula is C13H13N5O3. The van der Waals surface area contributed by atoms with Gasteiger partial charge in [-0.2, -0.15) is 5.26 Å². The first-order valence-corrected chi connectivity index (χ1v) is 6.27. The van der Waals surface area contributed by atoms with Crippen LogP contribution in [-0.2, 0) is 0 Å². The summed E-state index contributed by atoms with van der Waals surface area (Å²) >= 11 is 0. The van der Waals surface area contributed by atoms with Gasteiger partial charge in [-0.15, -0.1) is 0 Å². The first-order valence-electron chi connectivity index (χ1n) is 6.27. The Morgan fingerprint density at radius 3 is 2.76 bits per heavy atom. The van der Waals surface area contributed by atoms with Crippen molar-refractivity contribution >= 4 is 16.9 Å². The molecule has 0 fully saturated rings. The van der Waals surface area contributed by atoms with Gasteiger partial charge in [0.05, 0.1) is 23.6 Å². The summed E-state index contributed by atoms with van der Waals surface area (Å²) in [6.07, 6.45) is 2.05. The molecule has 21 heavy (non-hydrogen) atoms. The second-order valence-electron chi connectivity index (χ2n) is 4.85. The zero-order chi connectivity index (χ0) is 15.1. The van der Waals surface area contributed by atoms with E-state index < -0.39 is 18.2 Å². The Balaban J connectivity index is 2.21. The molecular weight excluding hydrogens is 274 g/mol. The lowest BCUT2D eigenvalue weighted by molar-refractivity contribution is 0.0288. The lowest BCUT2D eigenvalue weighted by atomic mass is 10.1. The smallest absolute Gasteiger partial charge is 0.147 e. The van der Waals surface area contributed by atoms with Crippen molar-refractivity contribution in [3.63, 3.8) is 0 Å². The summed E-state index contributed by atoms with van der Waals surface area (Å²) < 4.78 is 1.56. The van der Waals surface area contributed by atoms with Crippen molar-refractivity contribution < 1.29 is 15.3 Å². The number of nitrogens with zero attached hydrogens (tertiary/aromatic N) is 4. The van der Waals surface area contributed by atoms with E-state index in [1.54, 1.807) is 10.6 Å². The second kappa shape index (κ2) is 4.82. The summed E-state index contributed by atoms with van der Waals surface area (Å²) in [6, 6.07) is 1.37. The summed E-state index contributed by atoms with van der Waals surface area (Å²) in [6.45, 7) is -0.351. The average molecular weight is 287 g/mol. The predicted octanol–water partition coefficient (Wildman–Crippen LogP) is -0.920. The number of hydrogen-bond donors (Lipinski definition) is 4. The third-order valence-electron chi connectivity index (χ3n) is 3.70. The highest BCUT2D eigenvalue weighted by molar-refractivity contribution is 5.92. The maximum Gasteiger partial charge on any atom is 0.147 e. The molecule has 0 bridgehead atoms. The van der Waals surface area contributed by atoms with Crippen LogP contribution in [0.4, 0.5) is 5.82 Å². The van der Waals surface area contributed by atoms with Crippen LogP contribution in [0, 0.1) is 11.3 Å². The molecule has 0 aromatic carbocycles. The van der Waals surface area contributed by atoms with Crippen molar-refractivity contribution in [3.05, 3.63) is 29.7 Å². The molecule has 3 rings (SSSR count). The SMILES string of the molecule is N#Cc1cn([C@@H]2C=C(CO)[C@@H](O)[C@H]2O)c2ncnc(N)c12. The number of aliphatic hydroxyl groups excluding tert-OH is 3. The number of hydrogen-bond acceptors (Lipinski definition) is 7. The van der Waals surface area contributed by atoms with E-state index in [1.807, 2.05) is 6.07 Å². The minimum atomic E-state index is -1.15. The highest BCUT2D eigenvalue weighted by Gasteiger charge is 2.36. The molecule has 1 aliphatic rings. The first-order chi connectivity index (χ1) is 10.1. The first kappa shape index (κ1) is 13.5. The third kappa shape index (κ3) is 1.87. The van der Waals surface area contributed by atoms with Crippen LogP contribution in [0.2, 0.25) is 0 Å². The number of aromatic nitrogens is 3. The van der Waals surface area contributed by atoms with Crippen LogP contribution in [0.25, 0.3) is 11.0 Å². The number of rotatable bonds is 2. The molecule has 108 valence electrons. The van der Waals surface area contributed by atoms with Gasteiger partial charge in [-0.05, 0) is 5.57 Å². The van der Waals surface area contributed by atoms with E-state index in [4.69, 9.17) is 5.73 Å². The van der Waals surface area contributed by atoms with Crippen molar-refractivity contribution in [2.75, 3.05) is 12.3 Å². The van der Waals surface area contributed by atoms with Crippen LogP contribution in [0.3, 0.4) is 0 Å².